The van der Waals surface area contributed by atoms with Crippen LogP contribution in [0.25, 0.3) is 22.6 Å². The van der Waals surface area contributed by atoms with Crippen molar-refractivity contribution in [3.63, 3.8) is 0 Å². The van der Waals surface area contributed by atoms with Crippen LogP contribution in [-0.4, -0.2) is 11.1 Å². The molecule has 4 aromatic rings. The van der Waals surface area contributed by atoms with Crippen LogP contribution < -0.4 is 0 Å². The molecule has 0 amide bonds. The Kier molecular flexibility index (Phi) is 4.70. The van der Waals surface area contributed by atoms with Crippen molar-refractivity contribution in [2.75, 3.05) is 0 Å². The van der Waals surface area contributed by atoms with Crippen LogP contribution in [0.15, 0.2) is 66.6 Å². The largest absolute Gasteiger partial charge is 0.481 e. The van der Waals surface area contributed by atoms with Crippen molar-refractivity contribution in [3.05, 3.63) is 72.0 Å². The zero-order chi connectivity index (χ0) is 20.6. The molecule has 0 aliphatic heterocycles. The van der Waals surface area contributed by atoms with Crippen LogP contribution in [0.2, 0.25) is 0 Å². The van der Waals surface area contributed by atoms with E-state index in [4.69, 9.17) is 17.7 Å². The molecule has 0 saturated heterocycles. The Labute approximate surface area is 167 Å². The first-order chi connectivity index (χ1) is 13.9. The van der Waals surface area contributed by atoms with Gasteiger partial charge in [0, 0.05) is 6.42 Å². The molecule has 0 aliphatic rings. The van der Waals surface area contributed by atoms with Crippen molar-refractivity contribution in [3.8, 4) is 22.6 Å². The Morgan fingerprint density at radius 3 is 1.72 bits per heavy atom. The van der Waals surface area contributed by atoms with Gasteiger partial charge in [-0.05, 0) is 63.6 Å². The maximum atomic E-state index is 11.4. The highest BCUT2D eigenvalue weighted by Gasteiger charge is 2.41. The number of aliphatic carboxylic acids is 1. The van der Waals surface area contributed by atoms with Crippen LogP contribution in [0, 0.1) is 13.8 Å². The fourth-order valence-corrected chi connectivity index (χ4v) is 3.71. The summed E-state index contributed by atoms with van der Waals surface area (Å²) in [4.78, 5) is 11.4. The lowest BCUT2D eigenvalue weighted by atomic mass is 9.77. The summed E-state index contributed by atoms with van der Waals surface area (Å²) in [5.41, 5.74) is 0.685. The molecule has 0 bridgehead atoms. The van der Waals surface area contributed by atoms with E-state index in [2.05, 4.69) is 0 Å². The number of furan rings is 4. The molecular weight excluding hydrogens is 372 g/mol. The van der Waals surface area contributed by atoms with E-state index in [1.165, 1.54) is 0 Å². The molecule has 0 radical (unpaired) electrons. The van der Waals surface area contributed by atoms with Gasteiger partial charge in [-0.3, -0.25) is 4.79 Å². The van der Waals surface area contributed by atoms with Gasteiger partial charge in [0.05, 0.1) is 29.1 Å². The summed E-state index contributed by atoms with van der Waals surface area (Å²) in [5, 5.41) is 9.35. The Bertz CT molecular complexity index is 1060. The Balaban J connectivity index is 1.87. The summed E-state index contributed by atoms with van der Waals surface area (Å²) in [7, 11) is 0. The first-order valence-electron chi connectivity index (χ1n) is 9.40. The first-order valence-corrected chi connectivity index (χ1v) is 9.40. The van der Waals surface area contributed by atoms with Crippen LogP contribution in [0.5, 0.6) is 0 Å². The predicted molar refractivity (Wildman–Crippen MR) is 106 cm³/mol. The molecule has 6 heteroatoms. The Hall–Kier alpha value is -3.41. The number of carboxylic acids is 1. The standard InChI is InChI=1S/C23H22O6/c1-14-4-6-18(28-14)16-9-12-26-21(16)23(3,11-8-20(24)25)22-17(10-13-27-22)19-7-5-15(2)29-19/h4-7,9-10,12-13H,8,11H2,1-3H3,(H,24,25). The highest BCUT2D eigenvalue weighted by Crippen LogP contribution is 2.46. The number of carbonyl (C=O) groups is 1. The zero-order valence-corrected chi connectivity index (χ0v) is 16.5. The fraction of sp³-hybridized carbons (Fsp3) is 0.261. The van der Waals surface area contributed by atoms with Gasteiger partial charge in [-0.25, -0.2) is 0 Å². The van der Waals surface area contributed by atoms with Gasteiger partial charge < -0.3 is 22.8 Å². The fourth-order valence-electron chi connectivity index (χ4n) is 3.71. The molecule has 0 aromatic carbocycles. The smallest absolute Gasteiger partial charge is 0.303 e. The predicted octanol–water partition coefficient (Wildman–Crippen LogP) is 6.18. The molecule has 4 aromatic heterocycles. The van der Waals surface area contributed by atoms with Crippen molar-refractivity contribution in [1.82, 2.24) is 0 Å². The maximum absolute atomic E-state index is 11.4. The van der Waals surface area contributed by atoms with Gasteiger partial charge >= 0.3 is 5.97 Å². The molecule has 0 aliphatic carbocycles. The summed E-state index contributed by atoms with van der Waals surface area (Å²) >= 11 is 0. The number of aryl methyl sites for hydroxylation is 2. The molecule has 0 fully saturated rings. The Morgan fingerprint density at radius 2 is 1.34 bits per heavy atom. The lowest BCUT2D eigenvalue weighted by Crippen LogP contribution is -2.25. The SMILES string of the molecule is Cc1ccc(-c2ccoc2C(C)(CCC(=O)O)c2occc2-c2ccc(C)o2)o1. The number of hydrogen-bond acceptors (Lipinski definition) is 5. The van der Waals surface area contributed by atoms with Gasteiger partial charge in [0.15, 0.2) is 0 Å². The molecule has 0 atom stereocenters. The minimum atomic E-state index is -0.889. The van der Waals surface area contributed by atoms with Crippen LogP contribution in [0.1, 0.15) is 42.8 Å². The highest BCUT2D eigenvalue weighted by molar-refractivity contribution is 5.70. The third-order valence-corrected chi connectivity index (χ3v) is 5.18. The third kappa shape index (κ3) is 3.42. The summed E-state index contributed by atoms with van der Waals surface area (Å²) in [6.07, 6.45) is 3.40. The second-order valence-corrected chi connectivity index (χ2v) is 7.37. The Morgan fingerprint density at radius 1 is 0.862 bits per heavy atom. The third-order valence-electron chi connectivity index (χ3n) is 5.18. The molecule has 4 heterocycles. The monoisotopic (exact) mass is 394 g/mol. The minimum Gasteiger partial charge on any atom is -0.481 e. The van der Waals surface area contributed by atoms with E-state index in [0.717, 1.165) is 22.6 Å². The zero-order valence-electron chi connectivity index (χ0n) is 16.5. The lowest BCUT2D eigenvalue weighted by molar-refractivity contribution is -0.137. The van der Waals surface area contributed by atoms with E-state index in [1.807, 2.05) is 57.2 Å². The summed E-state index contributed by atoms with van der Waals surface area (Å²) in [6, 6.07) is 11.2. The van der Waals surface area contributed by atoms with Crippen molar-refractivity contribution >= 4 is 5.97 Å². The van der Waals surface area contributed by atoms with Crippen LogP contribution >= 0.6 is 0 Å². The van der Waals surface area contributed by atoms with Gasteiger partial charge in [-0.2, -0.15) is 0 Å². The lowest BCUT2D eigenvalue weighted by Gasteiger charge is -2.27. The van der Waals surface area contributed by atoms with E-state index in [9.17, 15) is 9.90 Å². The number of rotatable bonds is 7. The van der Waals surface area contributed by atoms with Crippen molar-refractivity contribution in [1.29, 1.82) is 0 Å². The van der Waals surface area contributed by atoms with E-state index in [0.29, 0.717) is 23.0 Å². The molecule has 0 unspecified atom stereocenters. The van der Waals surface area contributed by atoms with E-state index in [-0.39, 0.29) is 12.8 Å². The highest BCUT2D eigenvalue weighted by atomic mass is 16.4. The molecular formula is C23H22O6. The molecule has 1 N–H and O–H groups in total. The summed E-state index contributed by atoms with van der Waals surface area (Å²) in [6.45, 7) is 5.67. The minimum absolute atomic E-state index is 0.0505. The quantitative estimate of drug-likeness (QED) is 0.402. The van der Waals surface area contributed by atoms with Crippen molar-refractivity contribution in [2.45, 2.75) is 39.0 Å². The molecule has 4 rings (SSSR count). The van der Waals surface area contributed by atoms with Crippen LogP contribution in [0.4, 0.5) is 0 Å². The maximum Gasteiger partial charge on any atom is 0.303 e. The first kappa shape index (κ1) is 18.9. The van der Waals surface area contributed by atoms with Crippen molar-refractivity contribution < 1.29 is 27.6 Å². The summed E-state index contributed by atoms with van der Waals surface area (Å²) < 4.78 is 23.4. The van der Waals surface area contributed by atoms with Gasteiger partial charge in [0.25, 0.3) is 0 Å². The van der Waals surface area contributed by atoms with Gasteiger partial charge in [0.2, 0.25) is 0 Å². The van der Waals surface area contributed by atoms with Gasteiger partial charge in [-0.1, -0.05) is 0 Å². The average molecular weight is 394 g/mol. The topological polar surface area (TPSA) is 89.9 Å². The number of hydrogen-bond donors (Lipinski definition) is 1. The second-order valence-electron chi connectivity index (χ2n) is 7.37. The van der Waals surface area contributed by atoms with E-state index < -0.39 is 11.4 Å². The normalized spacial score (nSPS) is 11.8. The molecule has 6 nitrogen and oxygen atoms in total. The van der Waals surface area contributed by atoms with E-state index >= 15 is 0 Å². The number of carboxylic acid groups (broad SMARTS) is 1. The molecule has 0 spiro atoms. The van der Waals surface area contributed by atoms with Crippen LogP contribution in [-0.2, 0) is 10.2 Å². The second kappa shape index (κ2) is 7.20. The molecule has 29 heavy (non-hydrogen) atoms. The van der Waals surface area contributed by atoms with Crippen LogP contribution in [0.3, 0.4) is 0 Å². The summed E-state index contributed by atoms with van der Waals surface area (Å²) in [5.74, 6) is 3.18. The average Bonchev–Trinajstić information content (AvgIpc) is 3.45. The van der Waals surface area contributed by atoms with Gasteiger partial charge in [0.1, 0.15) is 34.6 Å². The van der Waals surface area contributed by atoms with Crippen molar-refractivity contribution in [2.24, 2.45) is 0 Å². The van der Waals surface area contributed by atoms with Gasteiger partial charge in [-0.15, -0.1) is 0 Å². The van der Waals surface area contributed by atoms with E-state index in [1.54, 1.807) is 12.5 Å². The molecule has 0 saturated carbocycles. The molecule has 150 valence electrons.